The van der Waals surface area contributed by atoms with Gasteiger partial charge in [-0.2, -0.15) is 18.2 Å². The van der Waals surface area contributed by atoms with E-state index in [0.29, 0.717) is 37.8 Å². The van der Waals surface area contributed by atoms with Crippen LogP contribution in [0.1, 0.15) is 24.8 Å². The normalized spacial score (nSPS) is 15.9. The minimum atomic E-state index is -4.73. The highest BCUT2D eigenvalue weighted by Gasteiger charge is 2.36. The second-order valence-electron chi connectivity index (χ2n) is 8.61. The molecule has 13 heteroatoms. The Hall–Kier alpha value is -3.74. The summed E-state index contributed by atoms with van der Waals surface area (Å²) in [5.41, 5.74) is -0.549. The van der Waals surface area contributed by atoms with Gasteiger partial charge in [-0.15, -0.1) is 0 Å². The number of halogens is 3. The number of rotatable bonds is 9. The number of para-hydroxylation sites is 2. The summed E-state index contributed by atoms with van der Waals surface area (Å²) in [4.78, 5) is 45.9. The molecule has 2 aromatic rings. The van der Waals surface area contributed by atoms with Crippen LogP contribution in [0.4, 0.5) is 36.3 Å². The zero-order valence-electron chi connectivity index (χ0n) is 19.9. The standard InChI is InChI=1S/C23H28F3N7O3/c1-32(2)11-9-19(35)29-17-7-3-4-8-18(17)30-21-16(23(24,25)26)12-27-22(31-21)28-15-6-5-10-33(13-15)20(36)14-34/h3-4,7-8,12,14-15H,5-6,9-11,13H2,1-2H3,(H,29,35)(H2,27,28,30,31)/t15-/m0/s1. The van der Waals surface area contributed by atoms with Gasteiger partial charge in [0.1, 0.15) is 11.4 Å². The number of carbonyl (C=O) groups excluding carboxylic acids is 3. The third-order valence-corrected chi connectivity index (χ3v) is 5.50. The summed E-state index contributed by atoms with van der Waals surface area (Å²) in [5, 5.41) is 8.35. The number of aldehydes is 1. The van der Waals surface area contributed by atoms with Crippen LogP contribution >= 0.6 is 0 Å². The molecular formula is C23H28F3N7O3. The van der Waals surface area contributed by atoms with Gasteiger partial charge < -0.3 is 25.8 Å². The highest BCUT2D eigenvalue weighted by Crippen LogP contribution is 2.36. The fraction of sp³-hybridized carbons (Fsp3) is 0.435. The molecule has 2 heterocycles. The minimum Gasteiger partial charge on any atom is -0.350 e. The first kappa shape index (κ1) is 26.9. The Morgan fingerprint density at radius 2 is 1.94 bits per heavy atom. The van der Waals surface area contributed by atoms with E-state index in [-0.39, 0.29) is 42.8 Å². The van der Waals surface area contributed by atoms with Gasteiger partial charge in [0, 0.05) is 38.3 Å². The van der Waals surface area contributed by atoms with Crippen LogP contribution in [-0.2, 0) is 20.6 Å². The Balaban J connectivity index is 1.83. The van der Waals surface area contributed by atoms with Crippen LogP contribution in [0.2, 0.25) is 0 Å². The molecule has 0 aliphatic carbocycles. The summed E-state index contributed by atoms with van der Waals surface area (Å²) in [6, 6.07) is 6.03. The number of carbonyl (C=O) groups is 3. The van der Waals surface area contributed by atoms with Gasteiger partial charge in [-0.1, -0.05) is 12.1 Å². The lowest BCUT2D eigenvalue weighted by Crippen LogP contribution is -2.45. The summed E-state index contributed by atoms with van der Waals surface area (Å²) in [6.45, 7) is 1.14. The van der Waals surface area contributed by atoms with Crippen molar-refractivity contribution < 1.29 is 27.6 Å². The number of hydrogen-bond acceptors (Lipinski definition) is 8. The topological polar surface area (TPSA) is 120 Å². The highest BCUT2D eigenvalue weighted by molar-refractivity contribution is 6.23. The molecule has 0 saturated carbocycles. The average Bonchev–Trinajstić information content (AvgIpc) is 2.83. The van der Waals surface area contributed by atoms with Crippen LogP contribution in [-0.4, -0.2) is 77.6 Å². The molecule has 1 aromatic heterocycles. The van der Waals surface area contributed by atoms with Gasteiger partial charge in [0.2, 0.25) is 18.1 Å². The third-order valence-electron chi connectivity index (χ3n) is 5.50. The molecule has 0 radical (unpaired) electrons. The number of anilines is 4. The molecule has 10 nitrogen and oxygen atoms in total. The number of benzene rings is 1. The van der Waals surface area contributed by atoms with E-state index in [9.17, 15) is 27.6 Å². The zero-order valence-corrected chi connectivity index (χ0v) is 19.9. The lowest BCUT2D eigenvalue weighted by molar-refractivity contribution is -0.139. The van der Waals surface area contributed by atoms with Crippen LogP contribution in [0.15, 0.2) is 30.5 Å². The van der Waals surface area contributed by atoms with E-state index >= 15 is 0 Å². The van der Waals surface area contributed by atoms with E-state index in [2.05, 4.69) is 25.9 Å². The predicted molar refractivity (Wildman–Crippen MR) is 128 cm³/mol. The van der Waals surface area contributed by atoms with Crippen molar-refractivity contribution in [2.45, 2.75) is 31.5 Å². The van der Waals surface area contributed by atoms with Crippen molar-refractivity contribution in [3.05, 3.63) is 36.0 Å². The molecule has 1 atom stereocenters. The fourth-order valence-corrected chi connectivity index (χ4v) is 3.67. The number of amides is 2. The highest BCUT2D eigenvalue weighted by atomic mass is 19.4. The van der Waals surface area contributed by atoms with E-state index in [1.165, 1.54) is 11.0 Å². The predicted octanol–water partition coefficient (Wildman–Crippen LogP) is 2.73. The van der Waals surface area contributed by atoms with E-state index in [0.717, 1.165) is 0 Å². The summed E-state index contributed by atoms with van der Waals surface area (Å²) >= 11 is 0. The maximum Gasteiger partial charge on any atom is 0.421 e. The SMILES string of the molecule is CN(C)CCC(=O)Nc1ccccc1Nc1nc(N[C@H]2CCCN(C(=O)C=O)C2)ncc1C(F)(F)F. The fourth-order valence-electron chi connectivity index (χ4n) is 3.67. The van der Waals surface area contributed by atoms with Crippen LogP contribution < -0.4 is 16.0 Å². The van der Waals surface area contributed by atoms with Crippen molar-refractivity contribution >= 4 is 41.2 Å². The van der Waals surface area contributed by atoms with Crippen molar-refractivity contribution in [1.82, 2.24) is 19.8 Å². The lowest BCUT2D eigenvalue weighted by atomic mass is 10.1. The third kappa shape index (κ3) is 7.38. The van der Waals surface area contributed by atoms with E-state index < -0.39 is 23.5 Å². The second-order valence-corrected chi connectivity index (χ2v) is 8.61. The van der Waals surface area contributed by atoms with Gasteiger partial charge in [-0.05, 0) is 39.1 Å². The smallest absolute Gasteiger partial charge is 0.350 e. The first-order valence-electron chi connectivity index (χ1n) is 11.3. The monoisotopic (exact) mass is 507 g/mol. The van der Waals surface area contributed by atoms with Crippen molar-refractivity contribution in [2.24, 2.45) is 0 Å². The van der Waals surface area contributed by atoms with Crippen LogP contribution in [0.25, 0.3) is 0 Å². The molecule has 0 bridgehead atoms. The van der Waals surface area contributed by atoms with Crippen molar-refractivity contribution in [1.29, 1.82) is 0 Å². The molecule has 0 unspecified atom stereocenters. The minimum absolute atomic E-state index is 0.0663. The number of likely N-dealkylation sites (tertiary alicyclic amines) is 1. The molecule has 1 aromatic carbocycles. The van der Waals surface area contributed by atoms with Crippen LogP contribution in [0.5, 0.6) is 0 Å². The molecule has 1 fully saturated rings. The molecular weight excluding hydrogens is 479 g/mol. The number of alkyl halides is 3. The number of aromatic nitrogens is 2. The lowest BCUT2D eigenvalue weighted by Gasteiger charge is -2.32. The molecule has 3 rings (SSSR count). The molecule has 194 valence electrons. The quantitative estimate of drug-likeness (QED) is 0.350. The molecule has 2 amide bonds. The second kappa shape index (κ2) is 11.8. The molecule has 0 spiro atoms. The first-order valence-corrected chi connectivity index (χ1v) is 11.3. The van der Waals surface area contributed by atoms with Gasteiger partial charge in [0.25, 0.3) is 5.91 Å². The van der Waals surface area contributed by atoms with Crippen LogP contribution in [0, 0.1) is 0 Å². The van der Waals surface area contributed by atoms with E-state index in [4.69, 9.17) is 0 Å². The van der Waals surface area contributed by atoms with E-state index in [1.54, 1.807) is 18.2 Å². The molecule has 3 N–H and O–H groups in total. The maximum atomic E-state index is 13.7. The summed E-state index contributed by atoms with van der Waals surface area (Å²) < 4.78 is 41.1. The summed E-state index contributed by atoms with van der Waals surface area (Å²) in [6.07, 6.45) is -2.38. The summed E-state index contributed by atoms with van der Waals surface area (Å²) in [5.74, 6) is -1.50. The Morgan fingerprint density at radius 1 is 1.22 bits per heavy atom. The Morgan fingerprint density at radius 3 is 2.61 bits per heavy atom. The van der Waals surface area contributed by atoms with Crippen molar-refractivity contribution in [3.8, 4) is 0 Å². The Kier molecular flexibility index (Phi) is 8.80. The molecule has 1 saturated heterocycles. The van der Waals surface area contributed by atoms with Gasteiger partial charge in [-0.25, -0.2) is 4.98 Å². The average molecular weight is 508 g/mol. The van der Waals surface area contributed by atoms with Gasteiger partial charge in [0.15, 0.2) is 0 Å². The van der Waals surface area contributed by atoms with Gasteiger partial charge >= 0.3 is 6.18 Å². The van der Waals surface area contributed by atoms with Crippen molar-refractivity contribution in [3.63, 3.8) is 0 Å². The zero-order chi connectivity index (χ0) is 26.3. The van der Waals surface area contributed by atoms with Gasteiger partial charge in [-0.3, -0.25) is 14.4 Å². The summed E-state index contributed by atoms with van der Waals surface area (Å²) in [7, 11) is 3.65. The van der Waals surface area contributed by atoms with Crippen molar-refractivity contribution in [2.75, 3.05) is 49.7 Å². The first-order chi connectivity index (χ1) is 17.1. The van der Waals surface area contributed by atoms with Crippen LogP contribution in [0.3, 0.4) is 0 Å². The number of piperidine rings is 1. The Bertz CT molecular complexity index is 1090. The number of hydrogen-bond donors (Lipinski definition) is 3. The molecule has 36 heavy (non-hydrogen) atoms. The molecule has 1 aliphatic heterocycles. The van der Waals surface area contributed by atoms with Gasteiger partial charge in [0.05, 0.1) is 11.4 Å². The molecule has 1 aliphatic rings. The van der Waals surface area contributed by atoms with E-state index in [1.807, 2.05) is 19.0 Å². The largest absolute Gasteiger partial charge is 0.421 e. The Labute approximate surface area is 206 Å². The number of nitrogens with one attached hydrogen (secondary N) is 3. The number of nitrogens with zero attached hydrogens (tertiary/aromatic N) is 4. The maximum absolute atomic E-state index is 13.7.